The van der Waals surface area contributed by atoms with E-state index in [0.29, 0.717) is 17.5 Å². The highest BCUT2D eigenvalue weighted by Crippen LogP contribution is 2.23. The SMILES string of the molecule is O=C(ON1CC2CNC2C1)c1ccccc1. The first-order valence-electron chi connectivity index (χ1n) is 5.58. The highest BCUT2D eigenvalue weighted by molar-refractivity contribution is 5.89. The number of rotatable bonds is 2. The van der Waals surface area contributed by atoms with Gasteiger partial charge in [-0.15, -0.1) is 5.06 Å². The molecule has 1 aromatic carbocycles. The number of hydroxylamine groups is 2. The van der Waals surface area contributed by atoms with Gasteiger partial charge in [0.15, 0.2) is 0 Å². The number of nitrogens with one attached hydrogen (secondary N) is 1. The molecule has 0 saturated carbocycles. The predicted molar refractivity (Wildman–Crippen MR) is 58.7 cm³/mol. The van der Waals surface area contributed by atoms with Crippen molar-refractivity contribution < 1.29 is 9.63 Å². The van der Waals surface area contributed by atoms with Crippen molar-refractivity contribution >= 4 is 5.97 Å². The van der Waals surface area contributed by atoms with E-state index < -0.39 is 0 Å². The van der Waals surface area contributed by atoms with E-state index in [0.717, 1.165) is 19.6 Å². The van der Waals surface area contributed by atoms with Gasteiger partial charge in [-0.05, 0) is 12.1 Å². The number of hydrogen-bond acceptors (Lipinski definition) is 4. The molecule has 1 aromatic rings. The summed E-state index contributed by atoms with van der Waals surface area (Å²) in [6, 6.07) is 9.62. The Morgan fingerprint density at radius 1 is 1.31 bits per heavy atom. The second-order valence-electron chi connectivity index (χ2n) is 4.37. The summed E-state index contributed by atoms with van der Waals surface area (Å²) < 4.78 is 0. The van der Waals surface area contributed by atoms with Crippen molar-refractivity contribution in [3.63, 3.8) is 0 Å². The predicted octanol–water partition coefficient (Wildman–Crippen LogP) is 0.662. The molecule has 0 aromatic heterocycles. The standard InChI is InChI=1S/C12H14N2O2/c15-12(9-4-2-1-3-5-9)16-14-7-10-6-13-11(10)8-14/h1-5,10-11,13H,6-8H2. The van der Waals surface area contributed by atoms with Gasteiger partial charge >= 0.3 is 5.97 Å². The molecule has 0 aliphatic carbocycles. The summed E-state index contributed by atoms with van der Waals surface area (Å²) in [5.74, 6) is 0.394. The van der Waals surface area contributed by atoms with Crippen molar-refractivity contribution in [2.45, 2.75) is 6.04 Å². The van der Waals surface area contributed by atoms with Gasteiger partial charge in [0.1, 0.15) is 0 Å². The number of nitrogens with zero attached hydrogens (tertiary/aromatic N) is 1. The summed E-state index contributed by atoms with van der Waals surface area (Å²) in [4.78, 5) is 17.1. The van der Waals surface area contributed by atoms with Crippen LogP contribution in [0.15, 0.2) is 30.3 Å². The third kappa shape index (κ3) is 1.70. The molecule has 16 heavy (non-hydrogen) atoms. The minimum atomic E-state index is -0.262. The molecule has 0 bridgehead atoms. The molecule has 2 aliphatic heterocycles. The van der Waals surface area contributed by atoms with Crippen LogP contribution in [-0.2, 0) is 4.84 Å². The summed E-state index contributed by atoms with van der Waals surface area (Å²) >= 11 is 0. The van der Waals surface area contributed by atoms with Crippen LogP contribution < -0.4 is 5.32 Å². The minimum absolute atomic E-state index is 0.262. The molecule has 2 atom stereocenters. The van der Waals surface area contributed by atoms with Crippen LogP contribution >= 0.6 is 0 Å². The van der Waals surface area contributed by atoms with E-state index in [1.807, 2.05) is 18.2 Å². The van der Waals surface area contributed by atoms with Crippen molar-refractivity contribution in [3.8, 4) is 0 Å². The zero-order valence-corrected chi connectivity index (χ0v) is 8.93. The number of hydrogen-bond donors (Lipinski definition) is 1. The largest absolute Gasteiger partial charge is 0.364 e. The van der Waals surface area contributed by atoms with Crippen LogP contribution in [0.2, 0.25) is 0 Å². The van der Waals surface area contributed by atoms with Gasteiger partial charge in [0.2, 0.25) is 0 Å². The van der Waals surface area contributed by atoms with Gasteiger partial charge in [0.05, 0.1) is 12.1 Å². The van der Waals surface area contributed by atoms with Gasteiger partial charge in [0.25, 0.3) is 0 Å². The van der Waals surface area contributed by atoms with Gasteiger partial charge in [-0.3, -0.25) is 0 Å². The van der Waals surface area contributed by atoms with Gasteiger partial charge in [-0.1, -0.05) is 18.2 Å². The van der Waals surface area contributed by atoms with Crippen molar-refractivity contribution in [3.05, 3.63) is 35.9 Å². The first-order valence-corrected chi connectivity index (χ1v) is 5.58. The Hall–Kier alpha value is -1.39. The monoisotopic (exact) mass is 218 g/mol. The lowest BCUT2D eigenvalue weighted by Crippen LogP contribution is -2.51. The quantitative estimate of drug-likeness (QED) is 0.792. The van der Waals surface area contributed by atoms with E-state index in [2.05, 4.69) is 5.32 Å². The molecule has 2 saturated heterocycles. The molecule has 2 unspecified atom stereocenters. The van der Waals surface area contributed by atoms with E-state index in [4.69, 9.17) is 4.84 Å². The average molecular weight is 218 g/mol. The maximum Gasteiger partial charge on any atom is 0.357 e. The zero-order chi connectivity index (χ0) is 11.0. The second-order valence-corrected chi connectivity index (χ2v) is 4.37. The number of benzene rings is 1. The highest BCUT2D eigenvalue weighted by atomic mass is 16.7. The summed E-state index contributed by atoms with van der Waals surface area (Å²) in [6.45, 7) is 2.71. The maximum atomic E-state index is 11.8. The van der Waals surface area contributed by atoms with Crippen LogP contribution in [0.5, 0.6) is 0 Å². The lowest BCUT2D eigenvalue weighted by atomic mass is 9.96. The number of carbonyl (C=O) groups excluding carboxylic acids is 1. The van der Waals surface area contributed by atoms with Crippen LogP contribution in [0.3, 0.4) is 0 Å². The first kappa shape index (κ1) is 9.81. The minimum Gasteiger partial charge on any atom is -0.364 e. The Bertz CT molecular complexity index is 381. The fraction of sp³-hybridized carbons (Fsp3) is 0.417. The van der Waals surface area contributed by atoms with Crippen LogP contribution in [0, 0.1) is 5.92 Å². The number of carbonyl (C=O) groups is 1. The Labute approximate surface area is 94.1 Å². The normalized spacial score (nSPS) is 28.2. The molecule has 84 valence electrons. The van der Waals surface area contributed by atoms with E-state index in [1.165, 1.54) is 0 Å². The van der Waals surface area contributed by atoms with Crippen LogP contribution in [0.4, 0.5) is 0 Å². The Kier molecular flexibility index (Phi) is 2.38. The van der Waals surface area contributed by atoms with Crippen molar-refractivity contribution in [1.29, 1.82) is 0 Å². The van der Waals surface area contributed by atoms with Crippen LogP contribution in [-0.4, -0.2) is 36.7 Å². The molecule has 2 fully saturated rings. The van der Waals surface area contributed by atoms with Crippen molar-refractivity contribution in [2.75, 3.05) is 19.6 Å². The Morgan fingerprint density at radius 3 is 2.69 bits per heavy atom. The highest BCUT2D eigenvalue weighted by Gasteiger charge is 2.40. The molecule has 2 aliphatic rings. The zero-order valence-electron chi connectivity index (χ0n) is 8.93. The second kappa shape index (κ2) is 3.88. The molecule has 2 heterocycles. The molecule has 0 spiro atoms. The maximum absolute atomic E-state index is 11.8. The summed E-state index contributed by atoms with van der Waals surface area (Å²) in [5, 5.41) is 5.09. The number of fused-ring (bicyclic) bond motifs is 1. The Balaban J connectivity index is 1.61. The first-order chi connectivity index (χ1) is 7.83. The molecule has 3 rings (SSSR count). The van der Waals surface area contributed by atoms with Gasteiger partial charge in [-0.2, -0.15) is 0 Å². The Morgan fingerprint density at radius 2 is 2.12 bits per heavy atom. The molecular weight excluding hydrogens is 204 g/mol. The molecule has 4 nitrogen and oxygen atoms in total. The lowest BCUT2D eigenvalue weighted by molar-refractivity contribution is -0.0943. The lowest BCUT2D eigenvalue weighted by Gasteiger charge is -2.29. The van der Waals surface area contributed by atoms with Crippen LogP contribution in [0.25, 0.3) is 0 Å². The third-order valence-corrected chi connectivity index (χ3v) is 3.27. The van der Waals surface area contributed by atoms with E-state index in [-0.39, 0.29) is 5.97 Å². The third-order valence-electron chi connectivity index (χ3n) is 3.27. The summed E-state index contributed by atoms with van der Waals surface area (Å²) in [5.41, 5.74) is 0.606. The molecule has 1 N–H and O–H groups in total. The fourth-order valence-corrected chi connectivity index (χ4v) is 2.23. The molecule has 4 heteroatoms. The van der Waals surface area contributed by atoms with E-state index in [9.17, 15) is 4.79 Å². The fourth-order valence-electron chi connectivity index (χ4n) is 2.23. The summed E-state index contributed by atoms with van der Waals surface area (Å²) in [6.07, 6.45) is 0. The van der Waals surface area contributed by atoms with Gasteiger partial charge < -0.3 is 10.2 Å². The van der Waals surface area contributed by atoms with Gasteiger partial charge in [0, 0.05) is 25.0 Å². The topological polar surface area (TPSA) is 41.6 Å². The summed E-state index contributed by atoms with van der Waals surface area (Å²) in [7, 11) is 0. The van der Waals surface area contributed by atoms with E-state index in [1.54, 1.807) is 17.2 Å². The average Bonchev–Trinajstić information content (AvgIpc) is 2.57. The van der Waals surface area contributed by atoms with Crippen molar-refractivity contribution in [2.24, 2.45) is 5.92 Å². The van der Waals surface area contributed by atoms with Crippen LogP contribution in [0.1, 0.15) is 10.4 Å². The molecule has 0 amide bonds. The smallest absolute Gasteiger partial charge is 0.357 e. The van der Waals surface area contributed by atoms with Crippen molar-refractivity contribution in [1.82, 2.24) is 10.4 Å². The van der Waals surface area contributed by atoms with E-state index >= 15 is 0 Å². The van der Waals surface area contributed by atoms with Gasteiger partial charge in [-0.25, -0.2) is 4.79 Å². The molecular formula is C12H14N2O2. The molecule has 0 radical (unpaired) electrons.